The molecule has 1 aromatic carbocycles. The fourth-order valence-electron chi connectivity index (χ4n) is 2.41. The van der Waals surface area contributed by atoms with Crippen LogP contribution in [0.4, 0.5) is 0 Å². The first kappa shape index (κ1) is 15.8. The first-order chi connectivity index (χ1) is 10.1. The number of rotatable bonds is 5. The van der Waals surface area contributed by atoms with Crippen molar-refractivity contribution >= 4 is 21.8 Å². The molecule has 21 heavy (non-hydrogen) atoms. The van der Waals surface area contributed by atoms with Gasteiger partial charge in [-0.1, -0.05) is 41.1 Å². The zero-order valence-electron chi connectivity index (χ0n) is 12.6. The number of hydrogen-bond donors (Lipinski definition) is 1. The van der Waals surface area contributed by atoms with Crippen molar-refractivity contribution < 1.29 is 4.79 Å². The lowest BCUT2D eigenvalue weighted by Gasteiger charge is -2.30. The normalized spacial score (nSPS) is 12.2. The molecule has 1 N–H and O–H groups in total. The molecular weight excluding hydrogens is 330 g/mol. The van der Waals surface area contributed by atoms with Crippen LogP contribution < -0.4 is 0 Å². The van der Waals surface area contributed by atoms with Crippen molar-refractivity contribution in [1.82, 2.24) is 15.1 Å². The van der Waals surface area contributed by atoms with Crippen LogP contribution in [0.1, 0.15) is 47.9 Å². The van der Waals surface area contributed by atoms with Crippen LogP contribution >= 0.6 is 15.9 Å². The highest BCUT2D eigenvalue weighted by Crippen LogP contribution is 2.29. The summed E-state index contributed by atoms with van der Waals surface area (Å²) in [6.45, 7) is 6.72. The van der Waals surface area contributed by atoms with Gasteiger partial charge in [0.25, 0.3) is 5.91 Å². The van der Waals surface area contributed by atoms with Crippen LogP contribution in [-0.2, 0) is 0 Å². The van der Waals surface area contributed by atoms with Crippen LogP contribution in [0.2, 0.25) is 0 Å². The van der Waals surface area contributed by atoms with Crippen LogP contribution in [0.3, 0.4) is 0 Å². The predicted molar refractivity (Wildman–Crippen MR) is 87.2 cm³/mol. The third kappa shape index (κ3) is 3.35. The lowest BCUT2D eigenvalue weighted by atomic mass is 10.1. The Morgan fingerprint density at radius 2 is 2.14 bits per heavy atom. The molecule has 0 saturated carbocycles. The molecule has 1 heterocycles. The number of halogens is 1. The number of carbonyl (C=O) groups excluding carboxylic acids is 1. The average molecular weight is 350 g/mol. The van der Waals surface area contributed by atoms with Crippen LogP contribution in [0.5, 0.6) is 0 Å². The maximum atomic E-state index is 12.8. The van der Waals surface area contributed by atoms with Gasteiger partial charge in [0.05, 0.1) is 17.8 Å². The number of benzene rings is 1. The number of aryl methyl sites for hydroxylation is 1. The molecule has 1 aromatic heterocycles. The number of nitrogens with one attached hydrogen (secondary N) is 1. The van der Waals surface area contributed by atoms with Gasteiger partial charge >= 0.3 is 0 Å². The number of carbonyl (C=O) groups is 1. The van der Waals surface area contributed by atoms with Gasteiger partial charge in [-0.15, -0.1) is 0 Å². The number of H-pyrrole nitrogens is 1. The summed E-state index contributed by atoms with van der Waals surface area (Å²) in [6.07, 6.45) is 2.52. The summed E-state index contributed by atoms with van der Waals surface area (Å²) < 4.78 is 1.02. The summed E-state index contributed by atoms with van der Waals surface area (Å²) >= 11 is 3.57. The van der Waals surface area contributed by atoms with Crippen molar-refractivity contribution in [3.8, 4) is 0 Å². The molecule has 0 aliphatic rings. The molecule has 2 rings (SSSR count). The quantitative estimate of drug-likeness (QED) is 0.883. The van der Waals surface area contributed by atoms with E-state index in [-0.39, 0.29) is 11.9 Å². The first-order valence-electron chi connectivity index (χ1n) is 7.11. The summed E-state index contributed by atoms with van der Waals surface area (Å²) in [7, 11) is 0. The van der Waals surface area contributed by atoms with Gasteiger partial charge in [-0.05, 0) is 31.9 Å². The molecule has 1 amide bonds. The van der Waals surface area contributed by atoms with Gasteiger partial charge in [0, 0.05) is 16.7 Å². The molecular formula is C16H20BrN3O. The fraction of sp³-hybridized carbons (Fsp3) is 0.375. The second-order valence-electron chi connectivity index (χ2n) is 5.10. The lowest BCUT2D eigenvalue weighted by Crippen LogP contribution is -2.34. The lowest BCUT2D eigenvalue weighted by molar-refractivity contribution is 0.0689. The molecule has 0 spiro atoms. The number of aromatic nitrogens is 2. The third-order valence-electron chi connectivity index (χ3n) is 3.61. The monoisotopic (exact) mass is 349 g/mol. The van der Waals surface area contributed by atoms with Gasteiger partial charge in [0.1, 0.15) is 0 Å². The van der Waals surface area contributed by atoms with Gasteiger partial charge in [-0.3, -0.25) is 9.89 Å². The second-order valence-corrected chi connectivity index (χ2v) is 5.96. The number of nitrogens with zero attached hydrogens (tertiary/aromatic N) is 2. The van der Waals surface area contributed by atoms with E-state index in [4.69, 9.17) is 0 Å². The first-order valence-corrected chi connectivity index (χ1v) is 7.91. The Morgan fingerprint density at radius 3 is 2.71 bits per heavy atom. The Bertz CT molecular complexity index is 623. The van der Waals surface area contributed by atoms with Gasteiger partial charge in [-0.25, -0.2) is 0 Å². The molecule has 5 heteroatoms. The third-order valence-corrected chi connectivity index (χ3v) is 4.33. The Hall–Kier alpha value is -1.62. The molecule has 0 aliphatic carbocycles. The smallest absolute Gasteiger partial charge is 0.257 e. The van der Waals surface area contributed by atoms with Crippen LogP contribution in [0.15, 0.2) is 34.9 Å². The summed E-state index contributed by atoms with van der Waals surface area (Å²) in [6, 6.07) is 8.03. The average Bonchev–Trinajstić information content (AvgIpc) is 2.90. The molecule has 0 radical (unpaired) electrons. The van der Waals surface area contributed by atoms with Gasteiger partial charge in [0.15, 0.2) is 0 Å². The summed E-state index contributed by atoms with van der Waals surface area (Å²) in [5.41, 5.74) is 2.56. The summed E-state index contributed by atoms with van der Waals surface area (Å²) in [5, 5.41) is 6.78. The minimum absolute atomic E-state index is 0.00215. The largest absolute Gasteiger partial charge is 0.332 e. The van der Waals surface area contributed by atoms with Crippen LogP contribution in [0, 0.1) is 6.92 Å². The molecule has 0 saturated heterocycles. The molecule has 0 aliphatic heterocycles. The van der Waals surface area contributed by atoms with E-state index in [1.165, 1.54) is 0 Å². The minimum Gasteiger partial charge on any atom is -0.332 e. The molecule has 0 bridgehead atoms. The highest BCUT2D eigenvalue weighted by atomic mass is 79.9. The highest BCUT2D eigenvalue weighted by molar-refractivity contribution is 9.10. The second kappa shape index (κ2) is 6.89. The maximum absolute atomic E-state index is 12.8. The zero-order valence-corrected chi connectivity index (χ0v) is 14.1. The summed E-state index contributed by atoms with van der Waals surface area (Å²) in [5.74, 6) is 0.0198. The maximum Gasteiger partial charge on any atom is 0.257 e. The van der Waals surface area contributed by atoms with Crippen molar-refractivity contribution in [3.63, 3.8) is 0 Å². The number of hydrogen-bond acceptors (Lipinski definition) is 2. The van der Waals surface area contributed by atoms with Gasteiger partial charge < -0.3 is 4.90 Å². The molecule has 112 valence electrons. The van der Waals surface area contributed by atoms with E-state index >= 15 is 0 Å². The highest BCUT2D eigenvalue weighted by Gasteiger charge is 2.25. The Labute approximate surface area is 133 Å². The standard InChI is InChI=1S/C16H20BrN3O/c1-4-9-20(16(21)14-10-18-19-11(14)2)12(3)13-7-5-6-8-15(13)17/h5-8,10,12H,4,9H2,1-3H3,(H,18,19). The predicted octanol–water partition coefficient (Wildman–Crippen LogP) is 4.09. The fourth-order valence-corrected chi connectivity index (χ4v) is 3.03. The Morgan fingerprint density at radius 1 is 1.43 bits per heavy atom. The van der Waals surface area contributed by atoms with Gasteiger partial charge in [-0.2, -0.15) is 5.10 Å². The van der Waals surface area contributed by atoms with E-state index < -0.39 is 0 Å². The van der Waals surface area contributed by atoms with E-state index in [0.29, 0.717) is 12.1 Å². The Kier molecular flexibility index (Phi) is 5.17. The van der Waals surface area contributed by atoms with Crippen molar-refractivity contribution in [3.05, 3.63) is 51.8 Å². The molecule has 1 unspecified atom stereocenters. The topological polar surface area (TPSA) is 49.0 Å². The van der Waals surface area contributed by atoms with Gasteiger partial charge in [0.2, 0.25) is 0 Å². The SMILES string of the molecule is CCCN(C(=O)c1cn[nH]c1C)C(C)c1ccccc1Br. The number of aromatic amines is 1. The van der Waals surface area contributed by atoms with E-state index in [9.17, 15) is 4.79 Å². The number of amides is 1. The molecule has 1 atom stereocenters. The van der Waals surface area contributed by atoms with Crippen LogP contribution in [-0.4, -0.2) is 27.5 Å². The molecule has 4 nitrogen and oxygen atoms in total. The summed E-state index contributed by atoms with van der Waals surface area (Å²) in [4.78, 5) is 14.7. The Balaban J connectivity index is 2.33. The van der Waals surface area contributed by atoms with E-state index in [1.807, 2.05) is 36.1 Å². The van der Waals surface area contributed by atoms with Crippen molar-refractivity contribution in [2.45, 2.75) is 33.2 Å². The van der Waals surface area contributed by atoms with Crippen molar-refractivity contribution in [1.29, 1.82) is 0 Å². The van der Waals surface area contributed by atoms with Crippen LogP contribution in [0.25, 0.3) is 0 Å². The molecule has 2 aromatic rings. The minimum atomic E-state index is 0.00215. The zero-order chi connectivity index (χ0) is 15.4. The van der Waals surface area contributed by atoms with E-state index in [0.717, 1.165) is 22.2 Å². The van der Waals surface area contributed by atoms with Crippen molar-refractivity contribution in [2.75, 3.05) is 6.54 Å². The van der Waals surface area contributed by atoms with Crippen molar-refractivity contribution in [2.24, 2.45) is 0 Å². The van der Waals surface area contributed by atoms with E-state index in [2.05, 4.69) is 40.0 Å². The van der Waals surface area contributed by atoms with E-state index in [1.54, 1.807) is 6.20 Å². The molecule has 0 fully saturated rings.